The predicted octanol–water partition coefficient (Wildman–Crippen LogP) is 2.95. The van der Waals surface area contributed by atoms with E-state index in [0.29, 0.717) is 18.5 Å². The van der Waals surface area contributed by atoms with Crippen LogP contribution >= 0.6 is 37.2 Å². The van der Waals surface area contributed by atoms with E-state index in [1.165, 1.54) is 4.90 Å². The molecule has 2 fully saturated rings. The normalized spacial score (nSPS) is 21.9. The first-order valence-corrected chi connectivity index (χ1v) is 13.8. The third-order valence-electron chi connectivity index (χ3n) is 7.66. The molecular weight excluding hydrogens is 615 g/mol. The highest BCUT2D eigenvalue weighted by atomic mass is 35.5. The number of aromatic nitrogens is 1. The number of aliphatic hydroxyl groups excluding tert-OH is 1. The number of anilines is 1. The van der Waals surface area contributed by atoms with Crippen molar-refractivity contribution in [2.45, 2.75) is 62.4 Å². The minimum atomic E-state index is -1.38. The molecule has 0 radical (unpaired) electrons. The van der Waals surface area contributed by atoms with Crippen LogP contribution in [0.5, 0.6) is 0 Å². The molecule has 0 saturated carbocycles. The van der Waals surface area contributed by atoms with Crippen molar-refractivity contribution in [2.24, 2.45) is 5.73 Å². The molecule has 2 aliphatic heterocycles. The number of piperidine rings is 1. The number of benzene rings is 2. The van der Waals surface area contributed by atoms with E-state index in [9.17, 15) is 19.5 Å². The molecule has 6 N–H and O–H groups in total. The minimum Gasteiger partial charge on any atom is -0.383 e. The van der Waals surface area contributed by atoms with Gasteiger partial charge in [0.15, 0.2) is 0 Å². The number of carbonyl (C=O) groups is 3. The number of aryl methyl sites for hydroxylation is 1. The van der Waals surface area contributed by atoms with Crippen molar-refractivity contribution in [3.05, 3.63) is 72.4 Å². The highest BCUT2D eigenvalue weighted by Crippen LogP contribution is 2.27. The first-order chi connectivity index (χ1) is 19.3. The Bertz CT molecular complexity index is 1380. The van der Waals surface area contributed by atoms with Crippen molar-refractivity contribution >= 4 is 71.5 Å². The van der Waals surface area contributed by atoms with Gasteiger partial charge in [-0.3, -0.25) is 19.4 Å². The summed E-state index contributed by atoms with van der Waals surface area (Å²) in [5, 5.41) is 20.3. The number of nitrogens with two attached hydrogens (primary N) is 1. The van der Waals surface area contributed by atoms with Crippen LogP contribution in [-0.4, -0.2) is 69.7 Å². The molecule has 2 saturated heterocycles. The van der Waals surface area contributed by atoms with E-state index in [-0.39, 0.29) is 62.5 Å². The quantitative estimate of drug-likeness (QED) is 0.235. The average Bonchev–Trinajstić information content (AvgIpc) is 3.33. The highest BCUT2D eigenvalue weighted by Gasteiger charge is 2.49. The summed E-state index contributed by atoms with van der Waals surface area (Å²) in [6.45, 7) is 0.678. The molecule has 2 aliphatic rings. The summed E-state index contributed by atoms with van der Waals surface area (Å²) in [5.41, 5.74) is 7.55. The number of hydrogen-bond donors (Lipinski definition) is 5. The molecule has 234 valence electrons. The summed E-state index contributed by atoms with van der Waals surface area (Å²) >= 11 is 0. The topological polar surface area (TPSA) is 150 Å². The molecule has 0 aliphatic carbocycles. The van der Waals surface area contributed by atoms with Crippen LogP contribution in [0.4, 0.5) is 5.69 Å². The zero-order valence-electron chi connectivity index (χ0n) is 23.6. The van der Waals surface area contributed by atoms with Gasteiger partial charge in [-0.05, 0) is 49.9 Å². The first kappa shape index (κ1) is 36.2. The molecule has 0 bridgehead atoms. The van der Waals surface area contributed by atoms with Gasteiger partial charge >= 0.3 is 0 Å². The van der Waals surface area contributed by atoms with Gasteiger partial charge in [-0.2, -0.15) is 0 Å². The molecule has 5 rings (SSSR count). The summed E-state index contributed by atoms with van der Waals surface area (Å²) in [7, 11) is 0. The van der Waals surface area contributed by atoms with Crippen molar-refractivity contribution in [1.29, 1.82) is 0 Å². The Morgan fingerprint density at radius 1 is 1.07 bits per heavy atom. The maximum absolute atomic E-state index is 13.6. The Balaban J connectivity index is 0.00000215. The van der Waals surface area contributed by atoms with Gasteiger partial charge in [0.2, 0.25) is 17.7 Å². The van der Waals surface area contributed by atoms with E-state index >= 15 is 0 Å². The van der Waals surface area contributed by atoms with Crippen molar-refractivity contribution in [3.63, 3.8) is 0 Å². The van der Waals surface area contributed by atoms with Crippen LogP contribution in [0.15, 0.2) is 66.9 Å². The fourth-order valence-electron chi connectivity index (χ4n) is 5.53. The maximum atomic E-state index is 13.6. The van der Waals surface area contributed by atoms with Gasteiger partial charge in [-0.15, -0.1) is 37.2 Å². The van der Waals surface area contributed by atoms with Crippen LogP contribution in [0.2, 0.25) is 0 Å². The molecule has 3 aromatic rings. The van der Waals surface area contributed by atoms with Gasteiger partial charge < -0.3 is 31.7 Å². The number of nitrogens with zero attached hydrogens (tertiary/aromatic N) is 2. The Morgan fingerprint density at radius 3 is 2.51 bits per heavy atom. The second kappa shape index (κ2) is 16.2. The molecule has 43 heavy (non-hydrogen) atoms. The molecule has 13 heteroatoms. The lowest BCUT2D eigenvalue weighted by Gasteiger charge is -2.31. The SMILES string of the molecule is Cl.Cl.Cl.N[C@]1(NC(=O)[C@H](O)CCc2ccccc2)C[C@@H](C(=O)Nc2cnc3ccccc3c2)N(C(=O)C2CCCCN2)C1. The smallest absolute Gasteiger partial charge is 0.250 e. The summed E-state index contributed by atoms with van der Waals surface area (Å²) in [6, 6.07) is 17.7. The zero-order valence-corrected chi connectivity index (χ0v) is 26.1. The Labute approximate surface area is 269 Å². The van der Waals surface area contributed by atoms with Crippen molar-refractivity contribution < 1.29 is 19.5 Å². The van der Waals surface area contributed by atoms with Gasteiger partial charge in [-0.1, -0.05) is 55.0 Å². The lowest BCUT2D eigenvalue weighted by atomic mass is 10.0. The number of carbonyl (C=O) groups excluding carboxylic acids is 3. The number of halogens is 3. The van der Waals surface area contributed by atoms with Crippen LogP contribution in [0.3, 0.4) is 0 Å². The molecule has 4 atom stereocenters. The predicted molar refractivity (Wildman–Crippen MR) is 174 cm³/mol. The molecule has 1 unspecified atom stereocenters. The van der Waals surface area contributed by atoms with Gasteiger partial charge in [0, 0.05) is 11.8 Å². The zero-order chi connectivity index (χ0) is 28.1. The van der Waals surface area contributed by atoms with Crippen LogP contribution in [0, 0.1) is 0 Å². The van der Waals surface area contributed by atoms with E-state index < -0.39 is 35.7 Å². The molecule has 3 heterocycles. The number of rotatable bonds is 8. The molecule has 0 spiro atoms. The number of aliphatic hydroxyl groups is 1. The van der Waals surface area contributed by atoms with Crippen LogP contribution < -0.4 is 21.7 Å². The Kier molecular flexibility index (Phi) is 13.6. The van der Waals surface area contributed by atoms with E-state index in [4.69, 9.17) is 5.73 Å². The minimum absolute atomic E-state index is 0. The second-order valence-electron chi connectivity index (χ2n) is 10.8. The number of fused-ring (bicyclic) bond motifs is 1. The largest absolute Gasteiger partial charge is 0.383 e. The third-order valence-corrected chi connectivity index (χ3v) is 7.66. The summed E-state index contributed by atoms with van der Waals surface area (Å²) in [5.74, 6) is -1.25. The van der Waals surface area contributed by atoms with E-state index in [1.54, 1.807) is 6.20 Å². The van der Waals surface area contributed by atoms with Crippen LogP contribution in [-0.2, 0) is 20.8 Å². The molecule has 10 nitrogen and oxygen atoms in total. The maximum Gasteiger partial charge on any atom is 0.250 e. The fraction of sp³-hybridized carbons (Fsp3) is 0.400. The molecule has 3 amide bonds. The first-order valence-electron chi connectivity index (χ1n) is 13.8. The van der Waals surface area contributed by atoms with E-state index in [2.05, 4.69) is 20.9 Å². The fourth-order valence-corrected chi connectivity index (χ4v) is 5.53. The van der Waals surface area contributed by atoms with Crippen LogP contribution in [0.1, 0.15) is 37.7 Å². The van der Waals surface area contributed by atoms with Crippen LogP contribution in [0.25, 0.3) is 10.9 Å². The average molecular weight is 654 g/mol. The van der Waals surface area contributed by atoms with Crippen molar-refractivity contribution in [2.75, 3.05) is 18.4 Å². The summed E-state index contributed by atoms with van der Waals surface area (Å²) in [6.07, 6.45) is 3.62. The lowest BCUT2D eigenvalue weighted by Crippen LogP contribution is -2.60. The second-order valence-corrected chi connectivity index (χ2v) is 10.8. The number of hydrogen-bond acceptors (Lipinski definition) is 7. The number of pyridine rings is 1. The number of likely N-dealkylation sites (tertiary alicyclic amines) is 1. The van der Waals surface area contributed by atoms with Gasteiger partial charge in [0.1, 0.15) is 17.8 Å². The molecule has 1 aromatic heterocycles. The summed E-state index contributed by atoms with van der Waals surface area (Å²) in [4.78, 5) is 45.9. The Hall–Kier alpha value is -2.99. The molecular formula is C30H39Cl3N6O4. The van der Waals surface area contributed by atoms with E-state index in [1.807, 2.05) is 60.7 Å². The number of para-hydroxylation sites is 1. The van der Waals surface area contributed by atoms with Crippen molar-refractivity contribution in [3.8, 4) is 0 Å². The molecule has 2 aromatic carbocycles. The number of amides is 3. The third kappa shape index (κ3) is 9.01. The monoisotopic (exact) mass is 652 g/mol. The van der Waals surface area contributed by atoms with Gasteiger partial charge in [-0.25, -0.2) is 0 Å². The van der Waals surface area contributed by atoms with Gasteiger partial charge in [0.05, 0.1) is 30.0 Å². The Morgan fingerprint density at radius 2 is 1.79 bits per heavy atom. The highest BCUT2D eigenvalue weighted by molar-refractivity contribution is 5.99. The van der Waals surface area contributed by atoms with Gasteiger partial charge in [0.25, 0.3) is 0 Å². The lowest BCUT2D eigenvalue weighted by molar-refractivity contribution is -0.139. The standard InChI is InChI=1S/C30H36N6O4.3ClH/c31-30(35-28(39)26(37)14-13-20-8-2-1-3-9-20)17-25(36(19-30)29(40)24-12-6-7-15-32-24)27(38)34-22-16-21-10-4-5-11-23(21)33-18-22;;;/h1-5,8-11,16,18,24-26,32,37H,6-7,12-15,17,19,31H2,(H,34,38)(H,35,39);3*1H/t24?,25-,26+,30-;;;/m0.../s1. The van der Waals surface area contributed by atoms with E-state index in [0.717, 1.165) is 35.9 Å². The number of nitrogens with one attached hydrogen (secondary N) is 3. The van der Waals surface area contributed by atoms with Crippen molar-refractivity contribution in [1.82, 2.24) is 20.5 Å². The summed E-state index contributed by atoms with van der Waals surface area (Å²) < 4.78 is 0.